The predicted molar refractivity (Wildman–Crippen MR) is 41.0 cm³/mol. The Hall–Kier alpha value is -0.790. The van der Waals surface area contributed by atoms with Gasteiger partial charge >= 0.3 is 5.97 Å². The fourth-order valence-electron chi connectivity index (χ4n) is 1.77. The first-order chi connectivity index (χ1) is 5.36. The van der Waals surface area contributed by atoms with Crippen molar-refractivity contribution in [3.63, 3.8) is 0 Å². The van der Waals surface area contributed by atoms with Crippen molar-refractivity contribution in [2.45, 2.75) is 38.2 Å². The Kier molecular flexibility index (Phi) is 1.68. The average molecular weight is 152 g/mol. The van der Waals surface area contributed by atoms with Gasteiger partial charge in [-0.25, -0.2) is 0 Å². The normalized spacial score (nSPS) is 30.4. The van der Waals surface area contributed by atoms with Gasteiger partial charge in [0.2, 0.25) is 0 Å². The van der Waals surface area contributed by atoms with E-state index in [1.165, 1.54) is 18.4 Å². The highest BCUT2D eigenvalue weighted by atomic mass is 16.5. The van der Waals surface area contributed by atoms with Crippen LogP contribution in [0.25, 0.3) is 0 Å². The first-order valence-corrected chi connectivity index (χ1v) is 4.24. The lowest BCUT2D eigenvalue weighted by Crippen LogP contribution is -2.08. The summed E-state index contributed by atoms with van der Waals surface area (Å²) in [6, 6.07) is 0. The van der Waals surface area contributed by atoms with Gasteiger partial charge in [0.15, 0.2) is 0 Å². The van der Waals surface area contributed by atoms with Gasteiger partial charge in [-0.2, -0.15) is 0 Å². The van der Waals surface area contributed by atoms with E-state index in [1.807, 2.05) is 0 Å². The van der Waals surface area contributed by atoms with Gasteiger partial charge < -0.3 is 4.74 Å². The zero-order chi connectivity index (χ0) is 7.68. The summed E-state index contributed by atoms with van der Waals surface area (Å²) in [5.74, 6) is -0.0252. The molecule has 1 heterocycles. The molecule has 0 aromatic rings. The molecule has 2 rings (SSSR count). The molecule has 0 N–H and O–H groups in total. The molecule has 0 amide bonds. The largest absolute Gasteiger partial charge is 0.458 e. The van der Waals surface area contributed by atoms with Crippen molar-refractivity contribution in [2.24, 2.45) is 0 Å². The molecule has 1 fully saturated rings. The Bertz CT molecular complexity index is 206. The average Bonchev–Trinajstić information content (AvgIpc) is 2.55. The molecule has 1 aliphatic heterocycles. The van der Waals surface area contributed by atoms with Crippen LogP contribution in [0.15, 0.2) is 11.6 Å². The second kappa shape index (κ2) is 2.68. The van der Waals surface area contributed by atoms with Gasteiger partial charge in [0.1, 0.15) is 6.10 Å². The summed E-state index contributed by atoms with van der Waals surface area (Å²) >= 11 is 0. The van der Waals surface area contributed by atoms with E-state index in [0.29, 0.717) is 6.42 Å². The molecule has 0 saturated carbocycles. The van der Waals surface area contributed by atoms with Crippen LogP contribution in [0, 0.1) is 0 Å². The number of hydrogen-bond acceptors (Lipinski definition) is 2. The summed E-state index contributed by atoms with van der Waals surface area (Å²) in [5.41, 5.74) is 1.36. The van der Waals surface area contributed by atoms with Crippen molar-refractivity contribution in [2.75, 3.05) is 0 Å². The van der Waals surface area contributed by atoms with Gasteiger partial charge in [-0.1, -0.05) is 6.08 Å². The second-order valence-corrected chi connectivity index (χ2v) is 3.19. The fourth-order valence-corrected chi connectivity index (χ4v) is 1.77. The molecule has 1 saturated heterocycles. The lowest BCUT2D eigenvalue weighted by molar-refractivity contribution is -0.140. The third-order valence-electron chi connectivity index (χ3n) is 2.37. The number of carbonyl (C=O) groups is 1. The SMILES string of the molecule is O=C1CCC(C2=CCCC2)O1. The molecular formula is C9H12O2. The third kappa shape index (κ3) is 1.30. The van der Waals surface area contributed by atoms with E-state index in [1.54, 1.807) is 0 Å². The number of hydrogen-bond donors (Lipinski definition) is 0. The minimum atomic E-state index is -0.0252. The van der Waals surface area contributed by atoms with Crippen LogP contribution in [-0.2, 0) is 9.53 Å². The number of esters is 1. The van der Waals surface area contributed by atoms with Gasteiger partial charge in [-0.15, -0.1) is 0 Å². The smallest absolute Gasteiger partial charge is 0.306 e. The first-order valence-electron chi connectivity index (χ1n) is 4.24. The predicted octanol–water partition coefficient (Wildman–Crippen LogP) is 1.80. The molecule has 0 spiro atoms. The molecule has 0 radical (unpaired) electrons. The Morgan fingerprint density at radius 3 is 2.91 bits per heavy atom. The van der Waals surface area contributed by atoms with Crippen molar-refractivity contribution < 1.29 is 9.53 Å². The Balaban J connectivity index is 2.00. The van der Waals surface area contributed by atoms with E-state index in [2.05, 4.69) is 6.08 Å². The lowest BCUT2D eigenvalue weighted by Gasteiger charge is -2.08. The quantitative estimate of drug-likeness (QED) is 0.423. The minimum absolute atomic E-state index is 0.0252. The lowest BCUT2D eigenvalue weighted by atomic mass is 10.1. The van der Waals surface area contributed by atoms with Crippen molar-refractivity contribution >= 4 is 5.97 Å². The van der Waals surface area contributed by atoms with Crippen molar-refractivity contribution in [3.05, 3.63) is 11.6 Å². The molecule has 2 nitrogen and oxygen atoms in total. The molecule has 0 aromatic heterocycles. The number of carbonyl (C=O) groups excluding carboxylic acids is 1. The van der Waals surface area contributed by atoms with Crippen LogP contribution in [0.4, 0.5) is 0 Å². The third-order valence-corrected chi connectivity index (χ3v) is 2.37. The van der Waals surface area contributed by atoms with Gasteiger partial charge in [-0.05, 0) is 31.3 Å². The van der Waals surface area contributed by atoms with Crippen LogP contribution in [0.3, 0.4) is 0 Å². The highest BCUT2D eigenvalue weighted by Crippen LogP contribution is 2.28. The van der Waals surface area contributed by atoms with Gasteiger partial charge in [0, 0.05) is 6.42 Å². The highest BCUT2D eigenvalue weighted by Gasteiger charge is 2.27. The van der Waals surface area contributed by atoms with Crippen LogP contribution in [0.5, 0.6) is 0 Å². The topological polar surface area (TPSA) is 26.3 Å². The van der Waals surface area contributed by atoms with E-state index in [0.717, 1.165) is 12.8 Å². The van der Waals surface area contributed by atoms with E-state index in [4.69, 9.17) is 4.74 Å². The van der Waals surface area contributed by atoms with E-state index >= 15 is 0 Å². The van der Waals surface area contributed by atoms with E-state index in [9.17, 15) is 4.79 Å². The van der Waals surface area contributed by atoms with Crippen LogP contribution in [-0.4, -0.2) is 12.1 Å². The summed E-state index contributed by atoms with van der Waals surface area (Å²) in [6.45, 7) is 0. The first kappa shape index (κ1) is 6.89. The molecule has 1 atom stereocenters. The fraction of sp³-hybridized carbons (Fsp3) is 0.667. The number of cyclic esters (lactones) is 1. The van der Waals surface area contributed by atoms with Gasteiger partial charge in [0.05, 0.1) is 0 Å². The Morgan fingerprint density at radius 1 is 1.45 bits per heavy atom. The number of allylic oxidation sites excluding steroid dienone is 1. The minimum Gasteiger partial charge on any atom is -0.458 e. The summed E-state index contributed by atoms with van der Waals surface area (Å²) in [6.07, 6.45) is 7.44. The van der Waals surface area contributed by atoms with Crippen molar-refractivity contribution in [1.29, 1.82) is 0 Å². The van der Waals surface area contributed by atoms with Crippen molar-refractivity contribution in [1.82, 2.24) is 0 Å². The monoisotopic (exact) mass is 152 g/mol. The standard InChI is InChI=1S/C9H12O2/c10-9-6-5-8(11-9)7-3-1-2-4-7/h3,8H,1-2,4-6H2. The molecule has 2 aliphatic rings. The molecule has 0 aromatic carbocycles. The number of ether oxygens (including phenoxy) is 1. The Labute approximate surface area is 66.2 Å². The molecule has 60 valence electrons. The summed E-state index contributed by atoms with van der Waals surface area (Å²) in [5, 5.41) is 0. The van der Waals surface area contributed by atoms with Crippen LogP contribution >= 0.6 is 0 Å². The maximum atomic E-state index is 10.8. The van der Waals surface area contributed by atoms with E-state index < -0.39 is 0 Å². The second-order valence-electron chi connectivity index (χ2n) is 3.19. The summed E-state index contributed by atoms with van der Waals surface area (Å²) < 4.78 is 5.14. The molecule has 0 bridgehead atoms. The maximum absolute atomic E-state index is 10.8. The van der Waals surface area contributed by atoms with Gasteiger partial charge in [-0.3, -0.25) is 4.79 Å². The zero-order valence-electron chi connectivity index (χ0n) is 6.51. The Morgan fingerprint density at radius 2 is 2.36 bits per heavy atom. The van der Waals surface area contributed by atoms with Crippen LogP contribution in [0.1, 0.15) is 32.1 Å². The summed E-state index contributed by atoms with van der Waals surface area (Å²) in [7, 11) is 0. The molecular weight excluding hydrogens is 140 g/mol. The summed E-state index contributed by atoms with van der Waals surface area (Å²) in [4.78, 5) is 10.8. The van der Waals surface area contributed by atoms with Crippen LogP contribution < -0.4 is 0 Å². The highest BCUT2D eigenvalue weighted by molar-refractivity contribution is 5.72. The van der Waals surface area contributed by atoms with Crippen LogP contribution in [0.2, 0.25) is 0 Å². The van der Waals surface area contributed by atoms with Gasteiger partial charge in [0.25, 0.3) is 0 Å². The zero-order valence-corrected chi connectivity index (χ0v) is 6.51. The van der Waals surface area contributed by atoms with E-state index in [-0.39, 0.29) is 12.1 Å². The molecule has 2 heteroatoms. The molecule has 1 aliphatic carbocycles. The maximum Gasteiger partial charge on any atom is 0.306 e. The molecule has 1 unspecified atom stereocenters. The molecule has 11 heavy (non-hydrogen) atoms. The van der Waals surface area contributed by atoms with Crippen molar-refractivity contribution in [3.8, 4) is 0 Å². The number of rotatable bonds is 1.